The van der Waals surface area contributed by atoms with E-state index in [9.17, 15) is 4.79 Å². The molecule has 0 aromatic rings. The molecule has 0 aromatic carbocycles. The van der Waals surface area contributed by atoms with Crippen LogP contribution >= 0.6 is 0 Å². The Bertz CT molecular complexity index is 82.1. The van der Waals surface area contributed by atoms with Gasteiger partial charge in [0.2, 0.25) is 0 Å². The molecule has 0 spiro atoms. The van der Waals surface area contributed by atoms with Gasteiger partial charge < -0.3 is 20.4 Å². The topological polar surface area (TPSA) is 115 Å². The monoisotopic (exact) mass is 184 g/mol. The van der Waals surface area contributed by atoms with E-state index in [1.807, 2.05) is 0 Å². The van der Waals surface area contributed by atoms with E-state index < -0.39 is 0 Å². The van der Waals surface area contributed by atoms with Crippen LogP contribution in [0.5, 0.6) is 0 Å². The lowest BCUT2D eigenvalue weighted by atomic mass is 10.8. The smallest absolute Gasteiger partial charge is 0.302 e. The standard InChI is InChI=1S/C4H8O2.CH2O2.CH4O.H2O/c1-3-6-4(2)5;2-1-3;1-2;/h3H2,1-2H3;1H,(H,2,3);2H,1H3;1H2. The van der Waals surface area contributed by atoms with Crippen LogP contribution in [0.4, 0.5) is 0 Å². The van der Waals surface area contributed by atoms with Gasteiger partial charge in [0.25, 0.3) is 6.47 Å². The second kappa shape index (κ2) is 32.8. The number of aliphatic hydroxyl groups is 1. The fourth-order valence-corrected chi connectivity index (χ4v) is 0.203. The van der Waals surface area contributed by atoms with Gasteiger partial charge in [-0.25, -0.2) is 0 Å². The Morgan fingerprint density at radius 2 is 1.75 bits per heavy atom. The van der Waals surface area contributed by atoms with Gasteiger partial charge in [-0.05, 0) is 6.92 Å². The summed E-state index contributed by atoms with van der Waals surface area (Å²) < 4.78 is 4.40. The highest BCUT2D eigenvalue weighted by molar-refractivity contribution is 5.65. The minimum absolute atomic E-state index is 0. The van der Waals surface area contributed by atoms with Crippen molar-refractivity contribution in [3.63, 3.8) is 0 Å². The highest BCUT2D eigenvalue weighted by Gasteiger charge is 1.81. The summed E-state index contributed by atoms with van der Waals surface area (Å²) in [5.41, 5.74) is 0. The Kier molecular flexibility index (Phi) is 61.3. The summed E-state index contributed by atoms with van der Waals surface area (Å²) in [4.78, 5) is 18.2. The fraction of sp³-hybridized carbons (Fsp3) is 0.667. The van der Waals surface area contributed by atoms with Crippen molar-refractivity contribution in [3.05, 3.63) is 0 Å². The molecular weight excluding hydrogens is 168 g/mol. The second-order valence-corrected chi connectivity index (χ2v) is 1.03. The summed E-state index contributed by atoms with van der Waals surface area (Å²) >= 11 is 0. The summed E-state index contributed by atoms with van der Waals surface area (Å²) in [7, 11) is 1.00. The number of hydrogen-bond donors (Lipinski definition) is 2. The van der Waals surface area contributed by atoms with Crippen molar-refractivity contribution in [1.82, 2.24) is 0 Å². The third-order valence-corrected chi connectivity index (χ3v) is 0.348. The summed E-state index contributed by atoms with van der Waals surface area (Å²) in [6.45, 7) is 3.40. The number of rotatable bonds is 1. The van der Waals surface area contributed by atoms with E-state index in [0.29, 0.717) is 6.61 Å². The number of carbonyl (C=O) groups is 2. The molecule has 0 heterocycles. The first kappa shape index (κ1) is 22.4. The molecular formula is C6H16O6. The molecule has 0 unspecified atom stereocenters. The number of aliphatic hydroxyl groups excluding tert-OH is 1. The van der Waals surface area contributed by atoms with Crippen LogP contribution < -0.4 is 0 Å². The average molecular weight is 184 g/mol. The van der Waals surface area contributed by atoms with Crippen molar-refractivity contribution in [3.8, 4) is 0 Å². The maximum atomic E-state index is 9.82. The highest BCUT2D eigenvalue weighted by atomic mass is 16.5. The Hall–Kier alpha value is -1.14. The van der Waals surface area contributed by atoms with Crippen molar-refractivity contribution < 1.29 is 30.0 Å². The van der Waals surface area contributed by atoms with Crippen molar-refractivity contribution in [2.24, 2.45) is 0 Å². The first-order valence-electron chi connectivity index (χ1n) is 2.85. The Morgan fingerprint density at radius 1 is 1.50 bits per heavy atom. The van der Waals surface area contributed by atoms with Crippen molar-refractivity contribution >= 4 is 12.4 Å². The Morgan fingerprint density at radius 3 is 1.75 bits per heavy atom. The van der Waals surface area contributed by atoms with Gasteiger partial charge in [0.15, 0.2) is 0 Å². The van der Waals surface area contributed by atoms with Gasteiger partial charge in [0.05, 0.1) is 6.61 Å². The fourth-order valence-electron chi connectivity index (χ4n) is 0.203. The molecule has 0 saturated carbocycles. The van der Waals surface area contributed by atoms with Crippen molar-refractivity contribution in [2.75, 3.05) is 13.7 Å². The van der Waals surface area contributed by atoms with E-state index in [1.165, 1.54) is 6.92 Å². The summed E-state index contributed by atoms with van der Waals surface area (Å²) in [6, 6.07) is 0. The predicted octanol–water partition coefficient (Wildman–Crippen LogP) is -0.946. The van der Waals surface area contributed by atoms with Crippen LogP contribution in [0.15, 0.2) is 0 Å². The zero-order valence-electron chi connectivity index (χ0n) is 7.40. The summed E-state index contributed by atoms with van der Waals surface area (Å²) in [5.74, 6) is -0.211. The SMILES string of the molecule is CCOC(C)=O.CO.O.O=CO. The van der Waals surface area contributed by atoms with Gasteiger partial charge in [-0.1, -0.05) is 0 Å². The van der Waals surface area contributed by atoms with Crippen molar-refractivity contribution in [2.45, 2.75) is 13.8 Å². The van der Waals surface area contributed by atoms with Gasteiger partial charge in [-0.15, -0.1) is 0 Å². The third kappa shape index (κ3) is 158. The molecule has 0 bridgehead atoms. The van der Waals surface area contributed by atoms with Gasteiger partial charge in [0, 0.05) is 14.0 Å². The number of ether oxygens (including phenoxy) is 1. The zero-order chi connectivity index (χ0) is 9.70. The largest absolute Gasteiger partial charge is 0.483 e. The van der Waals surface area contributed by atoms with Crippen molar-refractivity contribution in [1.29, 1.82) is 0 Å². The summed E-state index contributed by atoms with van der Waals surface area (Å²) in [6.07, 6.45) is 0. The van der Waals surface area contributed by atoms with Crippen LogP contribution in [0.2, 0.25) is 0 Å². The summed E-state index contributed by atoms with van der Waals surface area (Å²) in [5, 5.41) is 13.9. The molecule has 0 aliphatic heterocycles. The molecule has 0 radical (unpaired) electrons. The lowest BCUT2D eigenvalue weighted by Crippen LogP contribution is -1.95. The molecule has 0 saturated heterocycles. The van der Waals surface area contributed by atoms with Crippen LogP contribution in [0, 0.1) is 0 Å². The lowest BCUT2D eigenvalue weighted by Gasteiger charge is -1.89. The Balaban J connectivity index is -0.0000000462. The van der Waals surface area contributed by atoms with Crippen LogP contribution in [0.3, 0.4) is 0 Å². The minimum Gasteiger partial charge on any atom is -0.483 e. The number of hydrogen-bond acceptors (Lipinski definition) is 4. The predicted molar refractivity (Wildman–Crippen MR) is 42.8 cm³/mol. The highest BCUT2D eigenvalue weighted by Crippen LogP contribution is 1.69. The molecule has 0 rings (SSSR count). The van der Waals surface area contributed by atoms with E-state index >= 15 is 0 Å². The van der Waals surface area contributed by atoms with Crippen LogP contribution in [0.1, 0.15) is 13.8 Å². The maximum absolute atomic E-state index is 9.82. The molecule has 6 nitrogen and oxygen atoms in total. The molecule has 0 fully saturated rings. The van der Waals surface area contributed by atoms with E-state index in [2.05, 4.69) is 4.74 Å². The van der Waals surface area contributed by atoms with E-state index in [4.69, 9.17) is 15.0 Å². The normalized spacial score (nSPS) is 5.33. The van der Waals surface area contributed by atoms with Gasteiger partial charge in [-0.3, -0.25) is 9.59 Å². The average Bonchev–Trinajstić information content (AvgIpc) is 1.93. The molecule has 76 valence electrons. The molecule has 12 heavy (non-hydrogen) atoms. The van der Waals surface area contributed by atoms with Gasteiger partial charge >= 0.3 is 5.97 Å². The van der Waals surface area contributed by atoms with E-state index in [0.717, 1.165) is 7.11 Å². The molecule has 0 aromatic heterocycles. The number of esters is 1. The number of carbonyl (C=O) groups excluding carboxylic acids is 1. The van der Waals surface area contributed by atoms with E-state index in [-0.39, 0.29) is 17.9 Å². The van der Waals surface area contributed by atoms with Crippen LogP contribution in [-0.4, -0.2) is 41.8 Å². The second-order valence-electron chi connectivity index (χ2n) is 1.03. The van der Waals surface area contributed by atoms with Gasteiger partial charge in [-0.2, -0.15) is 0 Å². The quantitative estimate of drug-likeness (QED) is 0.402. The molecule has 6 heteroatoms. The van der Waals surface area contributed by atoms with E-state index in [1.54, 1.807) is 6.92 Å². The molecule has 0 amide bonds. The molecule has 0 aliphatic carbocycles. The molecule has 0 atom stereocenters. The molecule has 0 aliphatic rings. The molecule has 4 N–H and O–H groups in total. The lowest BCUT2D eigenvalue weighted by molar-refractivity contribution is -0.140. The Labute approximate surface area is 71.1 Å². The minimum atomic E-state index is -0.250. The first-order chi connectivity index (χ1) is 5.18. The van der Waals surface area contributed by atoms with Gasteiger partial charge in [0.1, 0.15) is 0 Å². The third-order valence-electron chi connectivity index (χ3n) is 0.348. The maximum Gasteiger partial charge on any atom is 0.302 e. The van der Waals surface area contributed by atoms with Crippen LogP contribution in [0.25, 0.3) is 0 Å². The zero-order valence-corrected chi connectivity index (χ0v) is 7.40. The van der Waals surface area contributed by atoms with Crippen LogP contribution in [-0.2, 0) is 14.3 Å². The number of carboxylic acid groups (broad SMARTS) is 1. The first-order valence-corrected chi connectivity index (χ1v) is 2.85.